The van der Waals surface area contributed by atoms with E-state index < -0.39 is 11.9 Å². The molecular formula is C17H16FN3O2. The molecule has 1 aliphatic carbocycles. The highest BCUT2D eigenvalue weighted by Gasteiger charge is 2.26. The minimum absolute atomic E-state index is 0.279. The van der Waals surface area contributed by atoms with Crippen LogP contribution in [0.3, 0.4) is 0 Å². The van der Waals surface area contributed by atoms with Crippen LogP contribution in [-0.2, 0) is 4.74 Å². The second kappa shape index (κ2) is 5.43. The summed E-state index contributed by atoms with van der Waals surface area (Å²) in [6.45, 7) is 3.78. The Bertz CT molecular complexity index is 890. The number of nitrogens with one attached hydrogen (secondary N) is 1. The lowest BCUT2D eigenvalue weighted by Crippen LogP contribution is -2.20. The van der Waals surface area contributed by atoms with Crippen molar-refractivity contribution in [2.24, 2.45) is 5.73 Å². The molecule has 23 heavy (non-hydrogen) atoms. The molecule has 1 aromatic carbocycles. The summed E-state index contributed by atoms with van der Waals surface area (Å²) in [4.78, 5) is 14.0. The Kier molecular flexibility index (Phi) is 3.57. The van der Waals surface area contributed by atoms with Gasteiger partial charge in [-0.15, -0.1) is 0 Å². The number of benzene rings is 1. The lowest BCUT2D eigenvalue weighted by Gasteiger charge is -2.12. The molecule has 0 spiro atoms. The van der Waals surface area contributed by atoms with Gasteiger partial charge in [-0.1, -0.05) is 6.08 Å². The van der Waals surface area contributed by atoms with E-state index in [1.54, 1.807) is 0 Å². The van der Waals surface area contributed by atoms with Gasteiger partial charge in [-0.25, -0.2) is 9.18 Å². The number of hydrogen-bond donors (Lipinski definition) is 2. The average molecular weight is 313 g/mol. The van der Waals surface area contributed by atoms with E-state index in [2.05, 4.69) is 4.98 Å². The van der Waals surface area contributed by atoms with E-state index in [0.29, 0.717) is 29.3 Å². The molecule has 0 fully saturated rings. The average Bonchev–Trinajstić information content (AvgIpc) is 3.04. The molecule has 5 nitrogen and oxygen atoms in total. The van der Waals surface area contributed by atoms with Gasteiger partial charge in [0.25, 0.3) is 0 Å². The molecule has 0 bridgehead atoms. The van der Waals surface area contributed by atoms with Crippen LogP contribution < -0.4 is 5.73 Å². The van der Waals surface area contributed by atoms with Crippen molar-refractivity contribution in [2.75, 3.05) is 0 Å². The number of carbonyl (C=O) groups excluding carboxylic acids is 1. The number of fused-ring (bicyclic) bond motifs is 1. The number of H-pyrrole nitrogens is 1. The van der Waals surface area contributed by atoms with Crippen LogP contribution in [0, 0.1) is 31.0 Å². The molecule has 0 radical (unpaired) electrons. The van der Waals surface area contributed by atoms with Crippen molar-refractivity contribution in [2.45, 2.75) is 32.8 Å². The summed E-state index contributed by atoms with van der Waals surface area (Å²) >= 11 is 0. The molecule has 3 N–H and O–H groups in total. The first-order valence-electron chi connectivity index (χ1n) is 7.29. The Labute approximate surface area is 132 Å². The van der Waals surface area contributed by atoms with E-state index in [-0.39, 0.29) is 11.7 Å². The van der Waals surface area contributed by atoms with Crippen LogP contribution >= 0.6 is 0 Å². The predicted molar refractivity (Wildman–Crippen MR) is 84.1 cm³/mol. The molecule has 1 aliphatic rings. The standard InChI is InChI=1S/C17H16FN3O2/c1-8-9(2)21-16-11(7-19)6-13(18)15(14(8)16)10-3-4-12(5-10)23-17(20)22/h3,6,12,21H,4-5H2,1-2H3,(H2,20,22)/t12-/m0/s1. The van der Waals surface area contributed by atoms with Crippen molar-refractivity contribution in [1.29, 1.82) is 5.26 Å². The van der Waals surface area contributed by atoms with Crippen LogP contribution in [0.4, 0.5) is 9.18 Å². The molecule has 1 heterocycles. The fourth-order valence-electron chi connectivity index (χ4n) is 3.17. The highest BCUT2D eigenvalue weighted by molar-refractivity contribution is 5.99. The molecule has 0 unspecified atom stereocenters. The van der Waals surface area contributed by atoms with Gasteiger partial charge in [0.2, 0.25) is 0 Å². The fourth-order valence-corrected chi connectivity index (χ4v) is 3.17. The number of ether oxygens (including phenoxy) is 1. The largest absolute Gasteiger partial charge is 0.446 e. The third-order valence-corrected chi connectivity index (χ3v) is 4.33. The van der Waals surface area contributed by atoms with E-state index >= 15 is 0 Å². The van der Waals surface area contributed by atoms with Crippen LogP contribution in [0.15, 0.2) is 12.1 Å². The Hall–Kier alpha value is -2.81. The van der Waals surface area contributed by atoms with E-state index in [0.717, 1.165) is 16.8 Å². The molecule has 118 valence electrons. The van der Waals surface area contributed by atoms with Crippen molar-refractivity contribution in [3.63, 3.8) is 0 Å². The number of nitrogens with two attached hydrogens (primary N) is 1. The number of rotatable bonds is 2. The van der Waals surface area contributed by atoms with Crippen LogP contribution in [0.25, 0.3) is 16.5 Å². The van der Waals surface area contributed by atoms with Crippen LogP contribution in [0.2, 0.25) is 0 Å². The third-order valence-electron chi connectivity index (χ3n) is 4.33. The molecular weight excluding hydrogens is 297 g/mol. The van der Waals surface area contributed by atoms with Gasteiger partial charge in [-0.3, -0.25) is 0 Å². The minimum atomic E-state index is -0.830. The van der Waals surface area contributed by atoms with Crippen molar-refractivity contribution < 1.29 is 13.9 Å². The topological polar surface area (TPSA) is 91.9 Å². The zero-order valence-corrected chi connectivity index (χ0v) is 12.9. The Morgan fingerprint density at radius 3 is 2.91 bits per heavy atom. The second-order valence-corrected chi connectivity index (χ2v) is 5.75. The smallest absolute Gasteiger partial charge is 0.404 e. The molecule has 1 amide bonds. The lowest BCUT2D eigenvalue weighted by atomic mass is 9.95. The van der Waals surface area contributed by atoms with E-state index in [4.69, 9.17) is 10.5 Å². The second-order valence-electron chi connectivity index (χ2n) is 5.75. The van der Waals surface area contributed by atoms with E-state index in [9.17, 15) is 14.4 Å². The lowest BCUT2D eigenvalue weighted by molar-refractivity contribution is 0.114. The first kappa shape index (κ1) is 15.1. The maximum Gasteiger partial charge on any atom is 0.404 e. The maximum atomic E-state index is 14.7. The molecule has 1 aromatic heterocycles. The monoisotopic (exact) mass is 313 g/mol. The summed E-state index contributed by atoms with van der Waals surface area (Å²) in [6, 6.07) is 3.27. The fraction of sp³-hybridized carbons (Fsp3) is 0.294. The molecule has 1 atom stereocenters. The molecule has 2 aromatic rings. The normalized spacial score (nSPS) is 17.1. The highest BCUT2D eigenvalue weighted by atomic mass is 19.1. The Morgan fingerprint density at radius 1 is 1.52 bits per heavy atom. The zero-order valence-electron chi connectivity index (χ0n) is 12.9. The minimum Gasteiger partial charge on any atom is -0.446 e. The van der Waals surface area contributed by atoms with Gasteiger partial charge in [0, 0.05) is 29.5 Å². The highest BCUT2D eigenvalue weighted by Crippen LogP contribution is 2.39. The molecule has 0 saturated heterocycles. The summed E-state index contributed by atoms with van der Waals surface area (Å²) in [7, 11) is 0. The number of primary amides is 1. The van der Waals surface area contributed by atoms with Crippen LogP contribution in [-0.4, -0.2) is 17.2 Å². The third kappa shape index (κ3) is 2.44. The molecule has 6 heteroatoms. The van der Waals surface area contributed by atoms with Crippen molar-refractivity contribution in [3.05, 3.63) is 40.3 Å². The van der Waals surface area contributed by atoms with Gasteiger partial charge in [-0.05, 0) is 31.1 Å². The number of amides is 1. The quantitative estimate of drug-likeness (QED) is 0.889. The van der Waals surface area contributed by atoms with Gasteiger partial charge < -0.3 is 15.5 Å². The van der Waals surface area contributed by atoms with Gasteiger partial charge in [0.15, 0.2) is 0 Å². The number of aromatic nitrogens is 1. The van der Waals surface area contributed by atoms with Crippen molar-refractivity contribution in [3.8, 4) is 6.07 Å². The van der Waals surface area contributed by atoms with Gasteiger partial charge in [0.1, 0.15) is 18.0 Å². The van der Waals surface area contributed by atoms with E-state index in [1.165, 1.54) is 6.07 Å². The number of aromatic amines is 1. The molecule has 3 rings (SSSR count). The molecule has 0 aliphatic heterocycles. The van der Waals surface area contributed by atoms with Crippen LogP contribution in [0.5, 0.6) is 0 Å². The van der Waals surface area contributed by atoms with Crippen LogP contribution in [0.1, 0.15) is 35.2 Å². The first-order valence-corrected chi connectivity index (χ1v) is 7.29. The zero-order chi connectivity index (χ0) is 16.7. The summed E-state index contributed by atoms with van der Waals surface area (Å²) in [5, 5.41) is 9.95. The number of hydrogen-bond acceptors (Lipinski definition) is 3. The maximum absolute atomic E-state index is 14.7. The Morgan fingerprint density at radius 2 is 2.26 bits per heavy atom. The SMILES string of the molecule is Cc1[nH]c2c(C#N)cc(F)c(C3=CC[C@H](OC(N)=O)C3)c2c1C. The van der Waals surface area contributed by atoms with Gasteiger partial charge >= 0.3 is 6.09 Å². The summed E-state index contributed by atoms with van der Waals surface area (Å²) in [5.74, 6) is -0.442. The van der Waals surface area contributed by atoms with Gasteiger partial charge in [0.05, 0.1) is 11.1 Å². The summed E-state index contributed by atoms with van der Waals surface area (Å²) in [5.41, 5.74) is 9.00. The number of nitriles is 1. The van der Waals surface area contributed by atoms with E-state index in [1.807, 2.05) is 26.0 Å². The Balaban J connectivity index is 2.14. The van der Waals surface area contributed by atoms with Crippen molar-refractivity contribution in [1.82, 2.24) is 4.98 Å². The number of carbonyl (C=O) groups is 1. The van der Waals surface area contributed by atoms with Gasteiger partial charge in [-0.2, -0.15) is 5.26 Å². The predicted octanol–water partition coefficient (Wildman–Crippen LogP) is 3.44. The van der Waals surface area contributed by atoms with Crippen molar-refractivity contribution >= 4 is 22.6 Å². The summed E-state index contributed by atoms with van der Waals surface area (Å²) < 4.78 is 19.7. The summed E-state index contributed by atoms with van der Waals surface area (Å²) in [6.07, 6.45) is 1.57. The first-order chi connectivity index (χ1) is 10.9. The molecule has 0 saturated carbocycles. The number of nitrogens with zero attached hydrogens (tertiary/aromatic N) is 1. The number of aryl methyl sites for hydroxylation is 2. The number of halogens is 1.